The third-order valence-electron chi connectivity index (χ3n) is 2.78. The van der Waals surface area contributed by atoms with Crippen LogP contribution in [0.5, 0.6) is 5.75 Å². The van der Waals surface area contributed by atoms with E-state index >= 15 is 0 Å². The Labute approximate surface area is 138 Å². The third-order valence-corrected chi connectivity index (χ3v) is 2.78. The molecule has 0 aliphatic carbocycles. The van der Waals surface area contributed by atoms with E-state index < -0.39 is 18.0 Å². The fourth-order valence-corrected chi connectivity index (χ4v) is 1.59. The predicted octanol–water partition coefficient (Wildman–Crippen LogP) is 2.80. The fourth-order valence-electron chi connectivity index (χ4n) is 1.59. The summed E-state index contributed by atoms with van der Waals surface area (Å²) in [6, 6.07) is 12.3. The zero-order valence-electron chi connectivity index (χ0n) is 13.1. The lowest BCUT2D eigenvalue weighted by molar-refractivity contribution is 0.0681. The first kappa shape index (κ1) is 18.7. The van der Waals surface area contributed by atoms with Gasteiger partial charge in [-0.15, -0.1) is 0 Å². The van der Waals surface area contributed by atoms with E-state index in [9.17, 15) is 14.4 Å². The molecule has 7 nitrogen and oxygen atoms in total. The number of benzene rings is 2. The Balaban J connectivity index is 0.000000240. The van der Waals surface area contributed by atoms with Gasteiger partial charge in [-0.1, -0.05) is 12.1 Å². The van der Waals surface area contributed by atoms with Gasteiger partial charge < -0.3 is 20.3 Å². The summed E-state index contributed by atoms with van der Waals surface area (Å²) in [7, 11) is 1.53. The van der Waals surface area contributed by atoms with Crippen LogP contribution in [0.2, 0.25) is 0 Å². The largest absolute Gasteiger partial charge is 0.478 e. The molecule has 0 fully saturated rings. The molecule has 0 heterocycles. The Morgan fingerprint density at radius 1 is 0.917 bits per heavy atom. The lowest BCUT2D eigenvalue weighted by Gasteiger charge is -2.02. The second-order valence-corrected chi connectivity index (χ2v) is 4.64. The molecular weight excluding hydrogens is 314 g/mol. The number of carboxylic acids is 2. The normalized spacial score (nSPS) is 9.25. The van der Waals surface area contributed by atoms with Crippen molar-refractivity contribution in [2.75, 3.05) is 7.05 Å². The van der Waals surface area contributed by atoms with Crippen LogP contribution in [-0.2, 0) is 0 Å². The lowest BCUT2D eigenvalue weighted by Crippen LogP contribution is -2.21. The molecule has 0 atom stereocenters. The molecule has 2 rings (SSSR count). The molecule has 0 bridgehead atoms. The van der Waals surface area contributed by atoms with Gasteiger partial charge in [0, 0.05) is 7.05 Å². The highest BCUT2D eigenvalue weighted by molar-refractivity contribution is 5.91. The number of rotatable bonds is 3. The Morgan fingerprint density at radius 2 is 1.42 bits per heavy atom. The smallest absolute Gasteiger partial charge is 0.412 e. The van der Waals surface area contributed by atoms with Gasteiger partial charge in [-0.3, -0.25) is 0 Å². The van der Waals surface area contributed by atoms with Crippen LogP contribution in [0.25, 0.3) is 0 Å². The number of ether oxygens (including phenoxy) is 1. The second-order valence-electron chi connectivity index (χ2n) is 4.64. The maximum atomic E-state index is 10.8. The van der Waals surface area contributed by atoms with Crippen LogP contribution < -0.4 is 10.1 Å². The number of carbonyl (C=O) groups is 3. The standard InChI is InChI=1S/C9H11NO2.C8H6O4/c1-7-4-3-5-8(6-7)12-9(11)10-2;9-7(10)5-1-2-6(4-3-5)8(11)12/h3-6H,1-2H3,(H,10,11);1-4H,(H,9,10)(H,11,12). The minimum Gasteiger partial charge on any atom is -0.478 e. The summed E-state index contributed by atoms with van der Waals surface area (Å²) in [5.74, 6) is -1.56. The zero-order chi connectivity index (χ0) is 18.1. The van der Waals surface area contributed by atoms with Crippen molar-refractivity contribution >= 4 is 18.0 Å². The van der Waals surface area contributed by atoms with Gasteiger partial charge in [-0.05, 0) is 48.9 Å². The molecular formula is C17H17NO6. The molecule has 0 aliphatic heterocycles. The molecule has 24 heavy (non-hydrogen) atoms. The maximum Gasteiger partial charge on any atom is 0.412 e. The van der Waals surface area contributed by atoms with Crippen molar-refractivity contribution < 1.29 is 29.3 Å². The van der Waals surface area contributed by atoms with Gasteiger partial charge in [0.15, 0.2) is 0 Å². The fraction of sp³-hybridized carbons (Fsp3) is 0.118. The Kier molecular flexibility index (Phi) is 6.97. The van der Waals surface area contributed by atoms with Gasteiger partial charge in [-0.25, -0.2) is 14.4 Å². The average molecular weight is 331 g/mol. The first-order valence-electron chi connectivity index (χ1n) is 6.86. The summed E-state index contributed by atoms with van der Waals surface area (Å²) in [4.78, 5) is 31.4. The van der Waals surface area contributed by atoms with Gasteiger partial charge in [-0.2, -0.15) is 0 Å². The van der Waals surface area contributed by atoms with Crippen molar-refractivity contribution in [2.45, 2.75) is 6.92 Å². The highest BCUT2D eigenvalue weighted by Gasteiger charge is 2.04. The number of carbonyl (C=O) groups excluding carboxylic acids is 1. The molecule has 0 radical (unpaired) electrons. The van der Waals surface area contributed by atoms with Crippen molar-refractivity contribution in [3.8, 4) is 5.75 Å². The van der Waals surface area contributed by atoms with E-state index in [1.165, 1.54) is 31.3 Å². The van der Waals surface area contributed by atoms with Gasteiger partial charge in [0.05, 0.1) is 11.1 Å². The minimum atomic E-state index is -1.06. The summed E-state index contributed by atoms with van der Waals surface area (Å²) in [6.45, 7) is 1.94. The van der Waals surface area contributed by atoms with Crippen molar-refractivity contribution in [2.24, 2.45) is 0 Å². The van der Waals surface area contributed by atoms with Gasteiger partial charge in [0.1, 0.15) is 5.75 Å². The summed E-state index contributed by atoms with van der Waals surface area (Å²) in [5.41, 5.74) is 1.23. The Hall–Kier alpha value is -3.35. The molecule has 0 spiro atoms. The molecule has 0 aromatic heterocycles. The number of hydrogen-bond donors (Lipinski definition) is 3. The molecule has 0 saturated heterocycles. The van der Waals surface area contributed by atoms with E-state index in [-0.39, 0.29) is 11.1 Å². The summed E-state index contributed by atoms with van der Waals surface area (Å²) in [6.07, 6.45) is -0.444. The molecule has 0 aliphatic rings. The molecule has 3 N–H and O–H groups in total. The average Bonchev–Trinajstić information content (AvgIpc) is 2.55. The molecule has 1 amide bonds. The molecule has 0 saturated carbocycles. The van der Waals surface area contributed by atoms with Crippen LogP contribution in [-0.4, -0.2) is 35.3 Å². The molecule has 2 aromatic carbocycles. The van der Waals surface area contributed by atoms with E-state index in [0.29, 0.717) is 5.75 Å². The highest BCUT2D eigenvalue weighted by atomic mass is 16.5. The molecule has 2 aromatic rings. The van der Waals surface area contributed by atoms with E-state index in [1.807, 2.05) is 19.1 Å². The van der Waals surface area contributed by atoms with Crippen LogP contribution in [0.15, 0.2) is 48.5 Å². The van der Waals surface area contributed by atoms with Crippen LogP contribution in [0, 0.1) is 6.92 Å². The van der Waals surface area contributed by atoms with Gasteiger partial charge in [0.2, 0.25) is 0 Å². The number of carboxylic acid groups (broad SMARTS) is 2. The monoisotopic (exact) mass is 331 g/mol. The van der Waals surface area contributed by atoms with E-state index in [1.54, 1.807) is 12.1 Å². The van der Waals surface area contributed by atoms with Gasteiger partial charge in [0.25, 0.3) is 0 Å². The third kappa shape index (κ3) is 6.18. The number of amides is 1. The van der Waals surface area contributed by atoms with Crippen LogP contribution in [0.3, 0.4) is 0 Å². The summed E-state index contributed by atoms with van der Waals surface area (Å²) >= 11 is 0. The topological polar surface area (TPSA) is 113 Å². The Morgan fingerprint density at radius 3 is 1.79 bits per heavy atom. The number of aryl methyl sites for hydroxylation is 1. The van der Waals surface area contributed by atoms with Crippen molar-refractivity contribution in [3.63, 3.8) is 0 Å². The number of hydrogen-bond acceptors (Lipinski definition) is 4. The number of nitrogens with one attached hydrogen (secondary N) is 1. The summed E-state index contributed by atoms with van der Waals surface area (Å²) < 4.78 is 4.89. The molecule has 0 unspecified atom stereocenters. The van der Waals surface area contributed by atoms with Crippen LogP contribution >= 0.6 is 0 Å². The van der Waals surface area contributed by atoms with Crippen molar-refractivity contribution in [3.05, 3.63) is 65.2 Å². The zero-order valence-corrected chi connectivity index (χ0v) is 13.1. The lowest BCUT2D eigenvalue weighted by atomic mass is 10.1. The first-order valence-corrected chi connectivity index (χ1v) is 6.86. The first-order chi connectivity index (χ1) is 11.3. The van der Waals surface area contributed by atoms with Crippen LogP contribution in [0.1, 0.15) is 26.3 Å². The summed E-state index contributed by atoms with van der Waals surface area (Å²) in [5, 5.41) is 19.3. The van der Waals surface area contributed by atoms with Crippen LogP contribution in [0.4, 0.5) is 4.79 Å². The van der Waals surface area contributed by atoms with Crippen molar-refractivity contribution in [1.29, 1.82) is 0 Å². The molecule has 126 valence electrons. The minimum absolute atomic E-state index is 0.0833. The highest BCUT2D eigenvalue weighted by Crippen LogP contribution is 2.11. The van der Waals surface area contributed by atoms with E-state index in [2.05, 4.69) is 5.32 Å². The SMILES string of the molecule is CNC(=O)Oc1cccc(C)c1.O=C(O)c1ccc(C(=O)O)cc1. The Bertz CT molecular complexity index is 691. The van der Waals surface area contributed by atoms with E-state index in [0.717, 1.165) is 5.56 Å². The number of aromatic carboxylic acids is 2. The maximum absolute atomic E-state index is 10.8. The molecule has 7 heteroatoms. The van der Waals surface area contributed by atoms with Crippen molar-refractivity contribution in [1.82, 2.24) is 5.32 Å². The quantitative estimate of drug-likeness (QED) is 0.797. The second kappa shape index (κ2) is 8.94. The van der Waals surface area contributed by atoms with Gasteiger partial charge >= 0.3 is 18.0 Å². The predicted molar refractivity (Wildman–Crippen MR) is 86.6 cm³/mol. The van der Waals surface area contributed by atoms with E-state index in [4.69, 9.17) is 14.9 Å².